The molecule has 1 aliphatic heterocycles. The second kappa shape index (κ2) is 13.3. The van der Waals surface area contributed by atoms with Crippen LogP contribution in [0.3, 0.4) is 0 Å². The molecule has 2 aromatic heterocycles. The van der Waals surface area contributed by atoms with Gasteiger partial charge in [-0.1, -0.05) is 103 Å². The van der Waals surface area contributed by atoms with Crippen molar-refractivity contribution >= 4 is 44.7 Å². The van der Waals surface area contributed by atoms with Gasteiger partial charge in [0.25, 0.3) is 10.2 Å². The summed E-state index contributed by atoms with van der Waals surface area (Å²) in [6.07, 6.45) is 4.03. The molecule has 12 heteroatoms. The Labute approximate surface area is 293 Å². The van der Waals surface area contributed by atoms with Gasteiger partial charge < -0.3 is 9.88 Å². The lowest BCUT2D eigenvalue weighted by Crippen LogP contribution is -2.55. The molecule has 1 fully saturated rings. The number of benzene rings is 4. The van der Waals surface area contributed by atoms with Crippen LogP contribution in [0.2, 0.25) is 5.02 Å². The first-order valence-electron chi connectivity index (χ1n) is 15.5. The second-order valence-electron chi connectivity index (χ2n) is 11.7. The van der Waals surface area contributed by atoms with Crippen molar-refractivity contribution in [3.05, 3.63) is 166 Å². The van der Waals surface area contributed by atoms with Gasteiger partial charge in [0.15, 0.2) is 0 Å². The van der Waals surface area contributed by atoms with Gasteiger partial charge in [0.2, 0.25) is 5.91 Å². The van der Waals surface area contributed by atoms with Gasteiger partial charge in [-0.05, 0) is 53.4 Å². The summed E-state index contributed by atoms with van der Waals surface area (Å²) in [6, 6.07) is 36.8. The lowest BCUT2D eigenvalue weighted by molar-refractivity contribution is -0.120. The summed E-state index contributed by atoms with van der Waals surface area (Å²) in [4.78, 5) is 19.8. The molecule has 0 bridgehead atoms. The van der Waals surface area contributed by atoms with E-state index in [2.05, 4.69) is 51.0 Å². The summed E-state index contributed by atoms with van der Waals surface area (Å²) in [5.41, 5.74) is 3.46. The maximum absolute atomic E-state index is 13.7. The fraction of sp³-hybridized carbons (Fsp3) is 0.135. The number of anilines is 1. The summed E-state index contributed by atoms with van der Waals surface area (Å²) in [6.45, 7) is 0. The standard InChI is InChI=1S/C37H31ClFN5O3S2/c1-43-33(36(45)41-28-17-18-30(39)29(38)21-28)22-31(42-49(43,46)47)34-19-20-35(48-34)32-23-44(24-40-32)37(25-11-5-2-6-12-25,26-13-7-3-8-14-26)27-15-9-4-10-16-27/h2-21,23-24,31,33,42H,22H2,1H3,(H,41,45). The van der Waals surface area contributed by atoms with E-state index in [9.17, 15) is 17.6 Å². The van der Waals surface area contributed by atoms with Crippen molar-refractivity contribution in [2.24, 2.45) is 0 Å². The number of likely N-dealkylation sites (N-methyl/N-ethyl adjacent to an activating group) is 1. The van der Waals surface area contributed by atoms with Crippen LogP contribution in [0.25, 0.3) is 10.6 Å². The SMILES string of the molecule is CN1C(C(=O)Nc2ccc(F)c(Cl)c2)CC(c2ccc(-c3cn(C(c4ccccc4)(c4ccccc4)c4ccccc4)cn3)s2)NS1(=O)=O. The van der Waals surface area contributed by atoms with Gasteiger partial charge in [-0.25, -0.2) is 9.37 Å². The second-order valence-corrected chi connectivity index (χ2v) is 15.0. The predicted octanol–water partition coefficient (Wildman–Crippen LogP) is 7.46. The Balaban J connectivity index is 1.22. The van der Waals surface area contributed by atoms with Crippen molar-refractivity contribution in [1.29, 1.82) is 0 Å². The van der Waals surface area contributed by atoms with E-state index in [1.54, 1.807) is 0 Å². The summed E-state index contributed by atoms with van der Waals surface area (Å²) >= 11 is 7.30. The zero-order valence-electron chi connectivity index (χ0n) is 26.2. The van der Waals surface area contributed by atoms with Gasteiger partial charge in [-0.2, -0.15) is 17.4 Å². The first-order chi connectivity index (χ1) is 23.7. The number of hydrogen-bond donors (Lipinski definition) is 2. The number of rotatable bonds is 8. The van der Waals surface area contributed by atoms with Crippen molar-refractivity contribution in [2.45, 2.75) is 24.0 Å². The number of imidazole rings is 1. The first-order valence-corrected chi connectivity index (χ1v) is 18.1. The van der Waals surface area contributed by atoms with Crippen molar-refractivity contribution < 1.29 is 17.6 Å². The van der Waals surface area contributed by atoms with Crippen LogP contribution in [0.1, 0.15) is 34.0 Å². The molecule has 7 rings (SSSR count). The van der Waals surface area contributed by atoms with Crippen LogP contribution < -0.4 is 10.0 Å². The Bertz CT molecular complexity index is 2120. The number of thiophene rings is 1. The molecule has 4 aromatic carbocycles. The van der Waals surface area contributed by atoms with E-state index < -0.39 is 39.6 Å². The van der Waals surface area contributed by atoms with Crippen LogP contribution in [0.4, 0.5) is 10.1 Å². The molecule has 248 valence electrons. The molecule has 2 unspecified atom stereocenters. The molecule has 49 heavy (non-hydrogen) atoms. The van der Waals surface area contributed by atoms with E-state index in [4.69, 9.17) is 16.6 Å². The monoisotopic (exact) mass is 711 g/mol. The van der Waals surface area contributed by atoms with Crippen LogP contribution in [0.5, 0.6) is 0 Å². The predicted molar refractivity (Wildman–Crippen MR) is 191 cm³/mol. The Morgan fingerprint density at radius 2 is 1.51 bits per heavy atom. The van der Waals surface area contributed by atoms with Gasteiger partial charge in [0, 0.05) is 23.8 Å². The summed E-state index contributed by atoms with van der Waals surface area (Å²) in [5.74, 6) is -1.17. The Morgan fingerprint density at radius 3 is 2.08 bits per heavy atom. The number of carbonyl (C=O) groups excluding carboxylic acids is 1. The summed E-state index contributed by atoms with van der Waals surface area (Å²) in [5, 5.41) is 2.53. The van der Waals surface area contributed by atoms with Crippen molar-refractivity contribution in [3.8, 4) is 10.6 Å². The van der Waals surface area contributed by atoms with Crippen molar-refractivity contribution in [3.63, 3.8) is 0 Å². The molecular formula is C37H31ClFN5O3S2. The minimum atomic E-state index is -4.00. The maximum Gasteiger partial charge on any atom is 0.280 e. The van der Waals surface area contributed by atoms with Crippen molar-refractivity contribution in [2.75, 3.05) is 12.4 Å². The Hall–Kier alpha value is -4.65. The molecule has 1 aliphatic rings. The lowest BCUT2D eigenvalue weighted by Gasteiger charge is -2.37. The highest BCUT2D eigenvalue weighted by atomic mass is 35.5. The summed E-state index contributed by atoms with van der Waals surface area (Å²) in [7, 11) is -2.65. The smallest absolute Gasteiger partial charge is 0.280 e. The Kier molecular flexibility index (Phi) is 8.95. The van der Waals surface area contributed by atoms with Crippen LogP contribution in [-0.4, -0.2) is 41.3 Å². The zero-order valence-corrected chi connectivity index (χ0v) is 28.6. The molecule has 0 aliphatic carbocycles. The fourth-order valence-electron chi connectivity index (χ4n) is 6.39. The Morgan fingerprint density at radius 1 is 0.918 bits per heavy atom. The first kappa shape index (κ1) is 32.9. The van der Waals surface area contributed by atoms with E-state index >= 15 is 0 Å². The third kappa shape index (κ3) is 6.20. The fourth-order valence-corrected chi connectivity index (χ4v) is 8.95. The van der Waals surface area contributed by atoms with Crippen LogP contribution in [0.15, 0.2) is 134 Å². The highest BCUT2D eigenvalue weighted by molar-refractivity contribution is 7.87. The van der Waals surface area contributed by atoms with Gasteiger partial charge in [0.1, 0.15) is 17.4 Å². The molecule has 1 amide bonds. The van der Waals surface area contributed by atoms with E-state index in [0.29, 0.717) is 0 Å². The lowest BCUT2D eigenvalue weighted by atomic mass is 9.77. The highest BCUT2D eigenvalue weighted by Gasteiger charge is 2.42. The molecule has 8 nitrogen and oxygen atoms in total. The number of hydrogen-bond acceptors (Lipinski definition) is 5. The third-order valence-corrected chi connectivity index (χ3v) is 11.9. The average Bonchev–Trinajstić information content (AvgIpc) is 3.81. The van der Waals surface area contributed by atoms with E-state index in [1.807, 2.05) is 79.3 Å². The molecule has 1 saturated heterocycles. The molecule has 0 radical (unpaired) electrons. The van der Waals surface area contributed by atoms with Gasteiger partial charge >= 0.3 is 0 Å². The van der Waals surface area contributed by atoms with E-state index in [-0.39, 0.29) is 17.1 Å². The van der Waals surface area contributed by atoms with Gasteiger partial charge in [0.05, 0.1) is 28.0 Å². The zero-order chi connectivity index (χ0) is 34.2. The highest BCUT2D eigenvalue weighted by Crippen LogP contribution is 2.42. The number of aromatic nitrogens is 2. The van der Waals surface area contributed by atoms with Crippen LogP contribution >= 0.6 is 22.9 Å². The molecule has 0 spiro atoms. The molecule has 2 N–H and O–H groups in total. The van der Waals surface area contributed by atoms with Gasteiger partial charge in [-0.15, -0.1) is 11.3 Å². The molecule has 3 heterocycles. The number of nitrogens with zero attached hydrogens (tertiary/aromatic N) is 3. The number of amides is 1. The number of carbonyl (C=O) groups is 1. The van der Waals surface area contributed by atoms with Gasteiger partial charge in [-0.3, -0.25) is 4.79 Å². The quantitative estimate of drug-likeness (QED) is 0.160. The molecule has 2 atom stereocenters. The topological polar surface area (TPSA) is 96.3 Å². The summed E-state index contributed by atoms with van der Waals surface area (Å²) < 4.78 is 45.9. The average molecular weight is 712 g/mol. The number of nitrogens with one attached hydrogen (secondary N) is 2. The molecule has 0 saturated carbocycles. The third-order valence-electron chi connectivity index (χ3n) is 8.83. The molecule has 6 aromatic rings. The van der Waals surface area contributed by atoms with E-state index in [1.165, 1.54) is 30.5 Å². The minimum absolute atomic E-state index is 0.149. The van der Waals surface area contributed by atoms with E-state index in [0.717, 1.165) is 42.5 Å². The van der Waals surface area contributed by atoms with Crippen LogP contribution in [-0.2, 0) is 20.5 Å². The minimum Gasteiger partial charge on any atom is -0.325 e. The maximum atomic E-state index is 13.7. The van der Waals surface area contributed by atoms with Crippen molar-refractivity contribution in [1.82, 2.24) is 18.6 Å². The van der Waals surface area contributed by atoms with Crippen LogP contribution in [0, 0.1) is 5.82 Å². The number of halogens is 2. The molecular weight excluding hydrogens is 681 g/mol. The normalized spacial score (nSPS) is 17.9. The largest absolute Gasteiger partial charge is 0.325 e.